The normalized spacial score (nSPS) is 15.0. The third-order valence-electron chi connectivity index (χ3n) is 3.98. The van der Waals surface area contributed by atoms with Crippen molar-refractivity contribution in [3.8, 4) is 0 Å². The van der Waals surface area contributed by atoms with Crippen LogP contribution in [0.1, 0.15) is 30.0 Å². The molecule has 0 bridgehead atoms. The van der Waals surface area contributed by atoms with Crippen LogP contribution in [0.2, 0.25) is 0 Å². The third-order valence-corrected chi connectivity index (χ3v) is 4.80. The van der Waals surface area contributed by atoms with E-state index in [9.17, 15) is 0 Å². The van der Waals surface area contributed by atoms with Crippen molar-refractivity contribution in [2.45, 2.75) is 32.6 Å². The van der Waals surface area contributed by atoms with Crippen LogP contribution in [0.5, 0.6) is 0 Å². The average Bonchev–Trinajstić information content (AvgIpc) is 3.01. The Labute approximate surface area is 165 Å². The topological polar surface area (TPSA) is 40.5 Å². The predicted octanol–water partition coefficient (Wildman–Crippen LogP) is 4.57. The lowest BCUT2D eigenvalue weighted by Crippen LogP contribution is -2.40. The summed E-state index contributed by atoms with van der Waals surface area (Å²) in [6.07, 6.45) is 4.73. The molecule has 4 nitrogen and oxygen atoms in total. The molecule has 1 aromatic carbocycles. The van der Waals surface area contributed by atoms with Crippen LogP contribution >= 0.6 is 35.3 Å². The van der Waals surface area contributed by atoms with Crippen LogP contribution in [0.25, 0.3) is 0 Å². The fourth-order valence-corrected chi connectivity index (χ4v) is 3.42. The van der Waals surface area contributed by atoms with Gasteiger partial charge in [0.05, 0.1) is 10.7 Å². The first-order chi connectivity index (χ1) is 11.3. The van der Waals surface area contributed by atoms with E-state index in [0.29, 0.717) is 0 Å². The monoisotopic (exact) mass is 456 g/mol. The Balaban J connectivity index is 0.00000208. The number of rotatable bonds is 4. The molecule has 0 radical (unpaired) electrons. The Hall–Kier alpha value is -1.15. The van der Waals surface area contributed by atoms with Gasteiger partial charge in [0.25, 0.3) is 0 Å². The standard InChI is InChI=1S/C18H24N4S.HI/c1-15-20-17(14-23-15)10-11-19-18(22-12-6-3-7-13-22)21-16-8-4-2-5-9-16;/h2,4-5,8-9,14H,3,6-7,10-13H2,1H3,(H,19,21);1H. The molecular weight excluding hydrogens is 431 g/mol. The second-order valence-corrected chi connectivity index (χ2v) is 6.91. The second kappa shape index (κ2) is 9.98. The number of piperidine rings is 1. The van der Waals surface area contributed by atoms with Crippen molar-refractivity contribution >= 4 is 47.0 Å². The molecule has 1 aliphatic rings. The zero-order chi connectivity index (χ0) is 15.9. The van der Waals surface area contributed by atoms with E-state index in [0.717, 1.165) is 48.4 Å². The van der Waals surface area contributed by atoms with Crippen LogP contribution in [0, 0.1) is 6.92 Å². The molecule has 0 spiro atoms. The van der Waals surface area contributed by atoms with Crippen molar-refractivity contribution in [2.24, 2.45) is 4.99 Å². The summed E-state index contributed by atoms with van der Waals surface area (Å²) in [5.41, 5.74) is 2.25. The highest BCUT2D eigenvalue weighted by Crippen LogP contribution is 2.13. The fraction of sp³-hybridized carbons (Fsp3) is 0.444. The van der Waals surface area contributed by atoms with Crippen molar-refractivity contribution in [1.29, 1.82) is 0 Å². The smallest absolute Gasteiger partial charge is 0.198 e. The Morgan fingerprint density at radius 2 is 1.96 bits per heavy atom. The molecule has 0 amide bonds. The van der Waals surface area contributed by atoms with Crippen molar-refractivity contribution < 1.29 is 0 Å². The number of aryl methyl sites for hydroxylation is 1. The van der Waals surface area contributed by atoms with Crippen LogP contribution in [-0.2, 0) is 6.42 Å². The van der Waals surface area contributed by atoms with Gasteiger partial charge in [-0.2, -0.15) is 0 Å². The highest BCUT2D eigenvalue weighted by molar-refractivity contribution is 14.0. The van der Waals surface area contributed by atoms with Gasteiger partial charge in [0.2, 0.25) is 0 Å². The number of aliphatic imine (C=N–C) groups is 1. The zero-order valence-electron chi connectivity index (χ0n) is 14.1. The van der Waals surface area contributed by atoms with Gasteiger partial charge in [0.15, 0.2) is 5.96 Å². The summed E-state index contributed by atoms with van der Waals surface area (Å²) in [5, 5.41) is 6.76. The van der Waals surface area contributed by atoms with Gasteiger partial charge in [-0.25, -0.2) is 4.98 Å². The summed E-state index contributed by atoms with van der Waals surface area (Å²) in [7, 11) is 0. The van der Waals surface area contributed by atoms with E-state index < -0.39 is 0 Å². The molecule has 6 heteroatoms. The number of thiazole rings is 1. The van der Waals surface area contributed by atoms with E-state index >= 15 is 0 Å². The molecule has 130 valence electrons. The molecule has 1 N–H and O–H groups in total. The number of benzene rings is 1. The van der Waals surface area contributed by atoms with E-state index in [-0.39, 0.29) is 24.0 Å². The number of likely N-dealkylation sites (tertiary alicyclic amines) is 1. The number of anilines is 1. The van der Waals surface area contributed by atoms with Crippen LogP contribution < -0.4 is 5.32 Å². The first kappa shape index (κ1) is 19.2. The zero-order valence-corrected chi connectivity index (χ0v) is 17.2. The SMILES string of the molecule is Cc1nc(CCN=C(Nc2ccccc2)N2CCCCC2)cs1.I. The van der Waals surface area contributed by atoms with Gasteiger partial charge in [0, 0.05) is 37.1 Å². The number of hydrogen-bond acceptors (Lipinski definition) is 3. The minimum absolute atomic E-state index is 0. The first-order valence-corrected chi connectivity index (χ1v) is 9.22. The molecule has 2 aromatic rings. The summed E-state index contributed by atoms with van der Waals surface area (Å²) >= 11 is 1.71. The van der Waals surface area contributed by atoms with Gasteiger partial charge in [0.1, 0.15) is 0 Å². The number of halogens is 1. The maximum absolute atomic E-state index is 4.84. The maximum atomic E-state index is 4.84. The van der Waals surface area contributed by atoms with Crippen molar-refractivity contribution in [3.05, 3.63) is 46.4 Å². The summed E-state index contributed by atoms with van der Waals surface area (Å²) in [6.45, 7) is 5.01. The number of para-hydroxylation sites is 1. The van der Waals surface area contributed by atoms with Crippen LogP contribution in [-0.4, -0.2) is 35.5 Å². The molecule has 1 aliphatic heterocycles. The molecular formula is C18H25IN4S. The van der Waals surface area contributed by atoms with Gasteiger partial charge >= 0.3 is 0 Å². The minimum atomic E-state index is 0. The lowest BCUT2D eigenvalue weighted by Gasteiger charge is -2.30. The molecule has 0 saturated carbocycles. The Morgan fingerprint density at radius 3 is 2.62 bits per heavy atom. The van der Waals surface area contributed by atoms with E-state index in [2.05, 4.69) is 32.7 Å². The van der Waals surface area contributed by atoms with Crippen LogP contribution in [0.3, 0.4) is 0 Å². The predicted molar refractivity (Wildman–Crippen MR) is 114 cm³/mol. The maximum Gasteiger partial charge on any atom is 0.198 e. The van der Waals surface area contributed by atoms with E-state index in [1.54, 1.807) is 11.3 Å². The lowest BCUT2D eigenvalue weighted by molar-refractivity contribution is 0.340. The molecule has 1 fully saturated rings. The third kappa shape index (κ3) is 5.73. The van der Waals surface area contributed by atoms with Gasteiger partial charge in [-0.15, -0.1) is 35.3 Å². The Bertz CT molecular complexity index is 635. The largest absolute Gasteiger partial charge is 0.343 e. The molecule has 24 heavy (non-hydrogen) atoms. The Kier molecular flexibility index (Phi) is 7.98. The first-order valence-electron chi connectivity index (χ1n) is 8.34. The number of hydrogen-bond donors (Lipinski definition) is 1. The lowest BCUT2D eigenvalue weighted by atomic mass is 10.1. The molecule has 1 saturated heterocycles. The van der Waals surface area contributed by atoms with Gasteiger partial charge in [-0.1, -0.05) is 18.2 Å². The minimum Gasteiger partial charge on any atom is -0.343 e. The number of nitrogens with zero attached hydrogens (tertiary/aromatic N) is 3. The second-order valence-electron chi connectivity index (χ2n) is 5.85. The van der Waals surface area contributed by atoms with Crippen molar-refractivity contribution in [1.82, 2.24) is 9.88 Å². The summed E-state index contributed by atoms with van der Waals surface area (Å²) in [5.74, 6) is 1.00. The molecule has 0 aliphatic carbocycles. The summed E-state index contributed by atoms with van der Waals surface area (Å²) < 4.78 is 0. The number of guanidine groups is 1. The summed E-state index contributed by atoms with van der Waals surface area (Å²) in [4.78, 5) is 11.7. The molecule has 0 atom stereocenters. The van der Waals surface area contributed by atoms with Gasteiger partial charge < -0.3 is 10.2 Å². The van der Waals surface area contributed by atoms with Crippen LogP contribution in [0.15, 0.2) is 40.7 Å². The van der Waals surface area contributed by atoms with Crippen LogP contribution in [0.4, 0.5) is 5.69 Å². The quantitative estimate of drug-likeness (QED) is 0.417. The molecule has 1 aromatic heterocycles. The molecule has 0 unspecified atom stereocenters. The van der Waals surface area contributed by atoms with Gasteiger partial charge in [-0.3, -0.25) is 4.99 Å². The van der Waals surface area contributed by atoms with Crippen molar-refractivity contribution in [3.63, 3.8) is 0 Å². The molecule has 2 heterocycles. The van der Waals surface area contributed by atoms with E-state index in [1.165, 1.54) is 19.3 Å². The molecule has 3 rings (SSSR count). The summed E-state index contributed by atoms with van der Waals surface area (Å²) in [6, 6.07) is 10.3. The number of aromatic nitrogens is 1. The van der Waals surface area contributed by atoms with E-state index in [1.807, 2.05) is 25.1 Å². The van der Waals surface area contributed by atoms with E-state index in [4.69, 9.17) is 4.99 Å². The number of nitrogens with one attached hydrogen (secondary N) is 1. The fourth-order valence-electron chi connectivity index (χ4n) is 2.77. The van der Waals surface area contributed by atoms with Gasteiger partial charge in [-0.05, 0) is 38.3 Å². The van der Waals surface area contributed by atoms with Crippen molar-refractivity contribution in [2.75, 3.05) is 25.0 Å². The highest BCUT2D eigenvalue weighted by Gasteiger charge is 2.14. The highest BCUT2D eigenvalue weighted by atomic mass is 127. The Morgan fingerprint density at radius 1 is 1.21 bits per heavy atom. The average molecular weight is 456 g/mol.